The van der Waals surface area contributed by atoms with Crippen LogP contribution in [0.15, 0.2) is 39.7 Å². The van der Waals surface area contributed by atoms with Gasteiger partial charge in [-0.2, -0.15) is 0 Å². The number of hydrogen-bond acceptors (Lipinski definition) is 3. The van der Waals surface area contributed by atoms with Gasteiger partial charge in [0.05, 0.1) is 11.4 Å². The van der Waals surface area contributed by atoms with Gasteiger partial charge in [-0.15, -0.1) is 0 Å². The van der Waals surface area contributed by atoms with Crippen LogP contribution in [0.2, 0.25) is 5.02 Å². The number of nitrogens with one attached hydrogen (secondary N) is 1. The lowest BCUT2D eigenvalue weighted by Crippen LogP contribution is -2.17. The first-order valence-electron chi connectivity index (χ1n) is 6.06. The zero-order valence-corrected chi connectivity index (χ0v) is 14.6. The van der Waals surface area contributed by atoms with Gasteiger partial charge < -0.3 is 5.73 Å². The van der Waals surface area contributed by atoms with Crippen LogP contribution < -0.4 is 10.5 Å². The van der Waals surface area contributed by atoms with Crippen molar-refractivity contribution in [3.63, 3.8) is 0 Å². The molecule has 0 aromatic heterocycles. The molecule has 0 saturated heterocycles. The normalized spacial score (nSPS) is 11.4. The van der Waals surface area contributed by atoms with E-state index in [1.165, 1.54) is 0 Å². The lowest BCUT2D eigenvalue weighted by molar-refractivity contribution is 0.601. The Kier molecular flexibility index (Phi) is 4.51. The van der Waals surface area contributed by atoms with Crippen LogP contribution in [0.5, 0.6) is 0 Å². The molecule has 21 heavy (non-hydrogen) atoms. The maximum atomic E-state index is 12.6. The quantitative estimate of drug-likeness (QED) is 0.776. The Labute approximate surface area is 137 Å². The molecule has 0 aliphatic carbocycles. The maximum absolute atomic E-state index is 12.6. The Bertz CT molecular complexity index is 807. The van der Waals surface area contributed by atoms with Gasteiger partial charge in [-0.1, -0.05) is 23.7 Å². The van der Waals surface area contributed by atoms with Gasteiger partial charge in [0.1, 0.15) is 4.90 Å². The van der Waals surface area contributed by atoms with Crippen molar-refractivity contribution in [1.29, 1.82) is 0 Å². The van der Waals surface area contributed by atoms with E-state index in [4.69, 9.17) is 17.3 Å². The lowest BCUT2D eigenvalue weighted by Gasteiger charge is -2.15. The van der Waals surface area contributed by atoms with E-state index in [1.807, 2.05) is 0 Å². The van der Waals surface area contributed by atoms with Crippen molar-refractivity contribution in [3.8, 4) is 0 Å². The summed E-state index contributed by atoms with van der Waals surface area (Å²) in [4.78, 5) is 0.101. The van der Waals surface area contributed by atoms with Crippen molar-refractivity contribution in [1.82, 2.24) is 0 Å². The molecule has 2 aromatic carbocycles. The molecule has 2 rings (SSSR count). The molecule has 0 heterocycles. The number of sulfonamides is 1. The first-order chi connectivity index (χ1) is 9.72. The first kappa shape index (κ1) is 16.1. The molecule has 0 spiro atoms. The van der Waals surface area contributed by atoms with E-state index in [0.29, 0.717) is 20.7 Å². The summed E-state index contributed by atoms with van der Waals surface area (Å²) in [6, 6.07) is 8.34. The van der Waals surface area contributed by atoms with Crippen LogP contribution in [0.25, 0.3) is 0 Å². The molecular formula is C14H14BrClN2O2S. The van der Waals surface area contributed by atoms with Crippen molar-refractivity contribution in [2.45, 2.75) is 18.7 Å². The van der Waals surface area contributed by atoms with Crippen molar-refractivity contribution in [2.24, 2.45) is 0 Å². The minimum Gasteiger partial charge on any atom is -0.397 e. The van der Waals surface area contributed by atoms with Crippen LogP contribution in [0.4, 0.5) is 11.4 Å². The third-order valence-electron chi connectivity index (χ3n) is 3.06. The Balaban J connectivity index is 2.51. The summed E-state index contributed by atoms with van der Waals surface area (Å²) < 4.78 is 28.3. The second-order valence-corrected chi connectivity index (χ2v) is 7.58. The molecule has 0 radical (unpaired) electrons. The first-order valence-corrected chi connectivity index (χ1v) is 8.71. The van der Waals surface area contributed by atoms with Crippen LogP contribution in [0.3, 0.4) is 0 Å². The lowest BCUT2D eigenvalue weighted by atomic mass is 10.1. The largest absolute Gasteiger partial charge is 0.397 e. The number of halogens is 2. The highest BCUT2D eigenvalue weighted by molar-refractivity contribution is 9.10. The van der Waals surface area contributed by atoms with Gasteiger partial charge in [-0.3, -0.25) is 4.72 Å². The Morgan fingerprint density at radius 2 is 1.76 bits per heavy atom. The molecule has 0 aliphatic rings. The van der Waals surface area contributed by atoms with Gasteiger partial charge in [0.25, 0.3) is 10.0 Å². The molecule has 2 aromatic rings. The molecule has 0 aliphatic heterocycles. The highest BCUT2D eigenvalue weighted by Gasteiger charge is 2.22. The number of rotatable bonds is 3. The molecule has 112 valence electrons. The van der Waals surface area contributed by atoms with Gasteiger partial charge in [0, 0.05) is 9.50 Å². The van der Waals surface area contributed by atoms with Crippen molar-refractivity contribution >= 4 is 48.9 Å². The van der Waals surface area contributed by atoms with E-state index < -0.39 is 10.0 Å². The zero-order chi connectivity index (χ0) is 15.8. The number of hydrogen-bond donors (Lipinski definition) is 2. The molecule has 3 N–H and O–H groups in total. The smallest absolute Gasteiger partial charge is 0.264 e. The summed E-state index contributed by atoms with van der Waals surface area (Å²) in [5.74, 6) is 0. The standard InChI is InChI=1S/C14H14BrClN2O2S/c1-8-3-4-9(2)14(13(8)17)21(19,20)18-12-6-5-10(16)7-11(12)15/h3-7,18H,17H2,1-2H3. The highest BCUT2D eigenvalue weighted by Crippen LogP contribution is 2.31. The summed E-state index contributed by atoms with van der Waals surface area (Å²) in [5, 5.41) is 0.510. The third-order valence-corrected chi connectivity index (χ3v) is 5.51. The third kappa shape index (κ3) is 3.33. The van der Waals surface area contributed by atoms with Crippen LogP contribution in [0, 0.1) is 13.8 Å². The SMILES string of the molecule is Cc1ccc(C)c(S(=O)(=O)Nc2ccc(Cl)cc2Br)c1N. The van der Waals surface area contributed by atoms with Crippen LogP contribution >= 0.6 is 27.5 Å². The van der Waals surface area contributed by atoms with E-state index in [-0.39, 0.29) is 10.6 Å². The maximum Gasteiger partial charge on any atom is 0.264 e. The van der Waals surface area contributed by atoms with Gasteiger partial charge in [-0.05, 0) is 59.1 Å². The van der Waals surface area contributed by atoms with Gasteiger partial charge >= 0.3 is 0 Å². The Morgan fingerprint density at radius 3 is 2.38 bits per heavy atom. The van der Waals surface area contributed by atoms with E-state index in [0.717, 1.165) is 5.56 Å². The van der Waals surface area contributed by atoms with Gasteiger partial charge in [0.15, 0.2) is 0 Å². The van der Waals surface area contributed by atoms with Crippen LogP contribution in [-0.4, -0.2) is 8.42 Å². The number of benzene rings is 2. The van der Waals surface area contributed by atoms with Gasteiger partial charge in [0.2, 0.25) is 0 Å². The fraction of sp³-hybridized carbons (Fsp3) is 0.143. The Hall–Kier alpha value is -1.24. The van der Waals surface area contributed by atoms with E-state index in [2.05, 4.69) is 20.7 Å². The topological polar surface area (TPSA) is 72.2 Å². The molecule has 0 amide bonds. The molecule has 0 bridgehead atoms. The summed E-state index contributed by atoms with van der Waals surface area (Å²) in [6.07, 6.45) is 0. The highest BCUT2D eigenvalue weighted by atomic mass is 79.9. The average Bonchev–Trinajstić information content (AvgIpc) is 2.37. The molecule has 0 saturated carbocycles. The molecule has 7 heteroatoms. The fourth-order valence-corrected chi connectivity index (χ4v) is 4.36. The zero-order valence-electron chi connectivity index (χ0n) is 11.4. The number of anilines is 2. The second kappa shape index (κ2) is 5.87. The number of nitrogens with two attached hydrogens (primary N) is 1. The van der Waals surface area contributed by atoms with Crippen LogP contribution in [-0.2, 0) is 10.0 Å². The fourth-order valence-electron chi connectivity index (χ4n) is 1.93. The molecular weight excluding hydrogens is 376 g/mol. The van der Waals surface area contributed by atoms with Crippen molar-refractivity contribution < 1.29 is 8.42 Å². The molecule has 0 fully saturated rings. The van der Waals surface area contributed by atoms with Crippen LogP contribution in [0.1, 0.15) is 11.1 Å². The molecule has 4 nitrogen and oxygen atoms in total. The molecule has 0 unspecified atom stereocenters. The van der Waals surface area contributed by atoms with Crippen molar-refractivity contribution in [2.75, 3.05) is 10.5 Å². The summed E-state index contributed by atoms with van der Waals surface area (Å²) in [7, 11) is -3.78. The van der Waals surface area contributed by atoms with Gasteiger partial charge in [-0.25, -0.2) is 8.42 Å². The minimum absolute atomic E-state index is 0.101. The predicted octanol–water partition coefficient (Wildman–Crippen LogP) is 4.10. The van der Waals surface area contributed by atoms with E-state index >= 15 is 0 Å². The van der Waals surface area contributed by atoms with E-state index in [9.17, 15) is 8.42 Å². The minimum atomic E-state index is -3.78. The summed E-state index contributed by atoms with van der Waals surface area (Å²) in [5.41, 5.74) is 7.90. The monoisotopic (exact) mass is 388 g/mol. The summed E-state index contributed by atoms with van der Waals surface area (Å²) >= 11 is 9.13. The Morgan fingerprint density at radius 1 is 1.14 bits per heavy atom. The summed E-state index contributed by atoms with van der Waals surface area (Å²) in [6.45, 7) is 3.48. The van der Waals surface area contributed by atoms with E-state index in [1.54, 1.807) is 44.2 Å². The number of aryl methyl sites for hydroxylation is 2. The predicted molar refractivity (Wildman–Crippen MR) is 90.3 cm³/mol. The number of nitrogen functional groups attached to an aromatic ring is 1. The average molecular weight is 390 g/mol. The second-order valence-electron chi connectivity index (χ2n) is 4.67. The molecule has 0 atom stereocenters. The van der Waals surface area contributed by atoms with Crippen molar-refractivity contribution in [3.05, 3.63) is 51.0 Å².